The highest BCUT2D eigenvalue weighted by Crippen LogP contribution is 2.16. The maximum Gasteiger partial charge on any atom is 0.0370 e. The quantitative estimate of drug-likeness (QED) is 0.682. The number of rotatable bonds is 3. The lowest BCUT2D eigenvalue weighted by molar-refractivity contribution is 1.20. The van der Waals surface area contributed by atoms with Crippen molar-refractivity contribution in [1.29, 1.82) is 5.41 Å². The Kier molecular flexibility index (Phi) is 3.07. The second kappa shape index (κ2) is 4.08. The average Bonchev–Trinajstić information content (AvgIpc) is 2.08. The molecule has 2 heteroatoms. The molecule has 0 aliphatic rings. The first-order valence-corrected chi connectivity index (χ1v) is 4.55. The average molecular weight is 176 g/mol. The number of hydrogen-bond donors (Lipinski definition) is 2. The van der Waals surface area contributed by atoms with Crippen molar-refractivity contribution in [2.45, 2.75) is 20.8 Å². The first-order valence-electron chi connectivity index (χ1n) is 4.55. The van der Waals surface area contributed by atoms with Gasteiger partial charge in [0, 0.05) is 17.9 Å². The third-order valence-corrected chi connectivity index (χ3v) is 2.03. The van der Waals surface area contributed by atoms with Crippen LogP contribution in [0.15, 0.2) is 18.2 Å². The molecule has 0 saturated carbocycles. The van der Waals surface area contributed by atoms with Gasteiger partial charge in [0.15, 0.2) is 0 Å². The van der Waals surface area contributed by atoms with Crippen LogP contribution in [0.25, 0.3) is 0 Å². The minimum atomic E-state index is 0.617. The van der Waals surface area contributed by atoms with E-state index in [0.29, 0.717) is 5.71 Å². The van der Waals surface area contributed by atoms with Gasteiger partial charge in [0.1, 0.15) is 0 Å². The Morgan fingerprint density at radius 3 is 2.62 bits per heavy atom. The second-order valence-corrected chi connectivity index (χ2v) is 3.19. The molecule has 0 aliphatic heterocycles. The van der Waals surface area contributed by atoms with E-state index in [4.69, 9.17) is 5.41 Å². The van der Waals surface area contributed by atoms with Gasteiger partial charge in [-0.2, -0.15) is 0 Å². The van der Waals surface area contributed by atoms with Crippen molar-refractivity contribution < 1.29 is 0 Å². The first kappa shape index (κ1) is 9.78. The third-order valence-electron chi connectivity index (χ3n) is 2.03. The molecule has 0 bridgehead atoms. The zero-order chi connectivity index (χ0) is 9.84. The maximum atomic E-state index is 7.48. The lowest BCUT2D eigenvalue weighted by atomic mass is 10.1. The van der Waals surface area contributed by atoms with Crippen LogP contribution < -0.4 is 5.32 Å². The van der Waals surface area contributed by atoms with Crippen molar-refractivity contribution in [3.05, 3.63) is 29.3 Å². The maximum absolute atomic E-state index is 7.48. The minimum Gasteiger partial charge on any atom is -0.385 e. The van der Waals surface area contributed by atoms with E-state index in [1.807, 2.05) is 25.1 Å². The highest BCUT2D eigenvalue weighted by atomic mass is 14.9. The Labute approximate surface area is 79.5 Å². The van der Waals surface area contributed by atoms with Gasteiger partial charge in [0.2, 0.25) is 0 Å². The van der Waals surface area contributed by atoms with Crippen LogP contribution in [0, 0.1) is 12.3 Å². The van der Waals surface area contributed by atoms with E-state index in [9.17, 15) is 0 Å². The Bertz CT molecular complexity index is 316. The molecule has 0 heterocycles. The molecule has 2 N–H and O–H groups in total. The van der Waals surface area contributed by atoms with Gasteiger partial charge in [-0.3, -0.25) is 0 Å². The van der Waals surface area contributed by atoms with Gasteiger partial charge in [-0.15, -0.1) is 0 Å². The predicted octanol–water partition coefficient (Wildman–Crippen LogP) is 2.81. The van der Waals surface area contributed by atoms with E-state index in [0.717, 1.165) is 17.8 Å². The summed E-state index contributed by atoms with van der Waals surface area (Å²) >= 11 is 0. The van der Waals surface area contributed by atoms with Crippen LogP contribution in [0.1, 0.15) is 25.0 Å². The van der Waals surface area contributed by atoms with Crippen LogP contribution in [-0.4, -0.2) is 12.3 Å². The summed E-state index contributed by atoms with van der Waals surface area (Å²) in [6.45, 7) is 6.88. The van der Waals surface area contributed by atoms with Gasteiger partial charge < -0.3 is 10.7 Å². The molecule has 2 nitrogen and oxygen atoms in total. The molecule has 1 aromatic carbocycles. The molecule has 13 heavy (non-hydrogen) atoms. The lowest BCUT2D eigenvalue weighted by Gasteiger charge is -2.08. The van der Waals surface area contributed by atoms with Crippen LogP contribution in [0.5, 0.6) is 0 Å². The van der Waals surface area contributed by atoms with Crippen LogP contribution in [-0.2, 0) is 0 Å². The summed E-state index contributed by atoms with van der Waals surface area (Å²) < 4.78 is 0. The van der Waals surface area contributed by atoms with Crippen LogP contribution in [0.4, 0.5) is 5.69 Å². The Hall–Kier alpha value is -1.31. The summed E-state index contributed by atoms with van der Waals surface area (Å²) in [7, 11) is 0. The van der Waals surface area contributed by atoms with E-state index >= 15 is 0 Å². The zero-order valence-corrected chi connectivity index (χ0v) is 8.44. The van der Waals surface area contributed by atoms with Gasteiger partial charge in [0.05, 0.1) is 0 Å². The van der Waals surface area contributed by atoms with Crippen molar-refractivity contribution in [3.8, 4) is 0 Å². The molecule has 0 fully saturated rings. The van der Waals surface area contributed by atoms with Crippen molar-refractivity contribution in [2.75, 3.05) is 11.9 Å². The molecule has 0 spiro atoms. The molecule has 0 unspecified atom stereocenters. The fourth-order valence-corrected chi connectivity index (χ4v) is 1.29. The smallest absolute Gasteiger partial charge is 0.0370 e. The molecule has 0 saturated heterocycles. The topological polar surface area (TPSA) is 35.9 Å². The van der Waals surface area contributed by atoms with Crippen molar-refractivity contribution in [1.82, 2.24) is 0 Å². The monoisotopic (exact) mass is 176 g/mol. The molecule has 1 rings (SSSR count). The van der Waals surface area contributed by atoms with Gasteiger partial charge in [0.25, 0.3) is 0 Å². The largest absolute Gasteiger partial charge is 0.385 e. The van der Waals surface area contributed by atoms with Crippen LogP contribution >= 0.6 is 0 Å². The first-order chi connectivity index (χ1) is 6.15. The van der Waals surface area contributed by atoms with Gasteiger partial charge in [-0.25, -0.2) is 0 Å². The van der Waals surface area contributed by atoms with E-state index in [1.165, 1.54) is 5.56 Å². The number of hydrogen-bond acceptors (Lipinski definition) is 2. The molecule has 0 aromatic heterocycles. The molecule has 0 radical (unpaired) electrons. The summed E-state index contributed by atoms with van der Waals surface area (Å²) in [5.41, 5.74) is 3.98. The van der Waals surface area contributed by atoms with E-state index in [1.54, 1.807) is 0 Å². The van der Waals surface area contributed by atoms with Crippen molar-refractivity contribution in [2.24, 2.45) is 0 Å². The molecule has 70 valence electrons. The van der Waals surface area contributed by atoms with Gasteiger partial charge in [-0.1, -0.05) is 6.07 Å². The highest BCUT2D eigenvalue weighted by Gasteiger charge is 1.99. The standard InChI is InChI=1S/C11H16N2/c1-4-13-11-6-5-10(9(3)12)7-8(11)2/h5-7,12-13H,4H2,1-3H3. The molecule has 1 aromatic rings. The molecule has 0 amide bonds. The summed E-state index contributed by atoms with van der Waals surface area (Å²) in [6, 6.07) is 6.06. The van der Waals surface area contributed by atoms with Gasteiger partial charge >= 0.3 is 0 Å². The Morgan fingerprint density at radius 2 is 2.15 bits per heavy atom. The normalized spacial score (nSPS) is 9.77. The number of anilines is 1. The fourth-order valence-electron chi connectivity index (χ4n) is 1.29. The minimum absolute atomic E-state index is 0.617. The fraction of sp³-hybridized carbons (Fsp3) is 0.364. The highest BCUT2D eigenvalue weighted by molar-refractivity contribution is 5.96. The lowest BCUT2D eigenvalue weighted by Crippen LogP contribution is -2.00. The molecular formula is C11H16N2. The zero-order valence-electron chi connectivity index (χ0n) is 8.44. The Balaban J connectivity index is 2.98. The van der Waals surface area contributed by atoms with E-state index < -0.39 is 0 Å². The molecular weight excluding hydrogens is 160 g/mol. The van der Waals surface area contributed by atoms with Crippen molar-refractivity contribution >= 4 is 11.4 Å². The molecule has 0 atom stereocenters. The van der Waals surface area contributed by atoms with Gasteiger partial charge in [-0.05, 0) is 44.0 Å². The summed E-state index contributed by atoms with van der Waals surface area (Å²) in [5.74, 6) is 0. The van der Waals surface area contributed by atoms with Crippen LogP contribution in [0.2, 0.25) is 0 Å². The van der Waals surface area contributed by atoms with E-state index in [-0.39, 0.29) is 0 Å². The van der Waals surface area contributed by atoms with Crippen LogP contribution in [0.3, 0.4) is 0 Å². The number of nitrogens with one attached hydrogen (secondary N) is 2. The van der Waals surface area contributed by atoms with E-state index in [2.05, 4.69) is 19.2 Å². The Morgan fingerprint density at radius 1 is 1.46 bits per heavy atom. The predicted molar refractivity (Wildman–Crippen MR) is 57.8 cm³/mol. The summed E-state index contributed by atoms with van der Waals surface area (Å²) in [6.07, 6.45) is 0. The SMILES string of the molecule is CCNc1ccc(C(C)=N)cc1C. The number of aryl methyl sites for hydroxylation is 1. The number of benzene rings is 1. The second-order valence-electron chi connectivity index (χ2n) is 3.19. The van der Waals surface area contributed by atoms with Crippen molar-refractivity contribution in [3.63, 3.8) is 0 Å². The third kappa shape index (κ3) is 2.31. The molecule has 0 aliphatic carbocycles. The summed E-state index contributed by atoms with van der Waals surface area (Å²) in [5, 5.41) is 10.8. The summed E-state index contributed by atoms with van der Waals surface area (Å²) in [4.78, 5) is 0.